The van der Waals surface area contributed by atoms with Gasteiger partial charge in [0.05, 0.1) is 12.8 Å². The smallest absolute Gasteiger partial charge is 0.208 e. The second-order valence-corrected chi connectivity index (χ2v) is 7.36. The molecule has 0 fully saturated rings. The first-order valence-electron chi connectivity index (χ1n) is 7.75. The van der Waals surface area contributed by atoms with E-state index in [9.17, 15) is 8.42 Å². The highest BCUT2D eigenvalue weighted by atomic mass is 32.2. The summed E-state index contributed by atoms with van der Waals surface area (Å²) >= 11 is 0. The van der Waals surface area contributed by atoms with Crippen molar-refractivity contribution < 1.29 is 8.42 Å². The Morgan fingerprint density at radius 2 is 2.22 bits per heavy atom. The van der Waals surface area contributed by atoms with Gasteiger partial charge < -0.3 is 10.6 Å². The summed E-state index contributed by atoms with van der Waals surface area (Å²) in [6, 6.07) is 0.225. The van der Waals surface area contributed by atoms with E-state index >= 15 is 0 Å². The van der Waals surface area contributed by atoms with Crippen LogP contribution >= 0.6 is 0 Å². The lowest BCUT2D eigenvalue weighted by Gasteiger charge is -2.25. The summed E-state index contributed by atoms with van der Waals surface area (Å²) in [5.41, 5.74) is 0. The second kappa shape index (κ2) is 7.73. The van der Waals surface area contributed by atoms with Crippen LogP contribution in [0, 0.1) is 0 Å². The summed E-state index contributed by atoms with van der Waals surface area (Å²) in [7, 11) is -1.47. The Bertz CT molecular complexity index is 653. The molecule has 2 heterocycles. The largest absolute Gasteiger partial charge is 0.355 e. The number of aliphatic imine (C=N–C) groups is 1. The predicted molar refractivity (Wildman–Crippen MR) is 88.9 cm³/mol. The van der Waals surface area contributed by atoms with Crippen molar-refractivity contribution in [2.75, 3.05) is 26.4 Å². The van der Waals surface area contributed by atoms with Crippen LogP contribution < -0.4 is 15.4 Å². The number of aryl methyl sites for hydroxylation is 2. The zero-order valence-corrected chi connectivity index (χ0v) is 14.7. The normalized spacial score (nSPS) is 18.6. The molecule has 23 heavy (non-hydrogen) atoms. The number of nitrogens with zero attached hydrogens (tertiary/aromatic N) is 4. The summed E-state index contributed by atoms with van der Waals surface area (Å²) in [5.74, 6) is 2.58. The van der Waals surface area contributed by atoms with Gasteiger partial charge in [0.1, 0.15) is 5.82 Å². The van der Waals surface area contributed by atoms with E-state index < -0.39 is 10.0 Å². The molecule has 0 bridgehead atoms. The number of hydrogen-bond donors (Lipinski definition) is 3. The summed E-state index contributed by atoms with van der Waals surface area (Å²) in [6.45, 7) is 3.59. The van der Waals surface area contributed by atoms with Gasteiger partial charge >= 0.3 is 0 Å². The summed E-state index contributed by atoms with van der Waals surface area (Å²) in [6.07, 6.45) is 3.83. The first kappa shape index (κ1) is 17.7. The van der Waals surface area contributed by atoms with Gasteiger partial charge in [0.2, 0.25) is 10.0 Å². The maximum atomic E-state index is 11.0. The van der Waals surface area contributed by atoms with Gasteiger partial charge in [-0.05, 0) is 6.42 Å². The van der Waals surface area contributed by atoms with E-state index in [1.807, 2.05) is 11.6 Å². The van der Waals surface area contributed by atoms with Gasteiger partial charge in [-0.1, -0.05) is 6.92 Å². The third kappa shape index (κ3) is 5.47. The predicted octanol–water partition coefficient (Wildman–Crippen LogP) is -1.13. The van der Waals surface area contributed by atoms with Gasteiger partial charge in [0.25, 0.3) is 0 Å². The average molecular weight is 343 g/mol. The van der Waals surface area contributed by atoms with E-state index in [1.54, 1.807) is 7.05 Å². The number of hydrogen-bond acceptors (Lipinski definition) is 5. The average Bonchev–Trinajstić information content (AvgIpc) is 2.91. The summed E-state index contributed by atoms with van der Waals surface area (Å²) in [5, 5.41) is 10.9. The van der Waals surface area contributed by atoms with Crippen LogP contribution in [0.15, 0.2) is 4.99 Å². The molecule has 1 aliphatic rings. The zero-order valence-electron chi connectivity index (χ0n) is 13.8. The Morgan fingerprint density at radius 3 is 2.87 bits per heavy atom. The molecule has 0 aromatic carbocycles. The molecule has 1 atom stereocenters. The van der Waals surface area contributed by atoms with Gasteiger partial charge in [0, 0.05) is 39.0 Å². The fourth-order valence-electron chi connectivity index (χ4n) is 2.43. The highest BCUT2D eigenvalue weighted by Gasteiger charge is 2.21. The van der Waals surface area contributed by atoms with Crippen LogP contribution in [0.1, 0.15) is 25.0 Å². The van der Waals surface area contributed by atoms with E-state index in [0.717, 1.165) is 43.7 Å². The molecule has 1 aromatic rings. The molecule has 0 saturated heterocycles. The minimum Gasteiger partial charge on any atom is -0.355 e. The Balaban J connectivity index is 1.81. The van der Waals surface area contributed by atoms with Crippen LogP contribution in [0.5, 0.6) is 0 Å². The quantitative estimate of drug-likeness (QED) is 0.342. The van der Waals surface area contributed by atoms with Crippen LogP contribution in [0.25, 0.3) is 0 Å². The number of rotatable bonds is 6. The lowest BCUT2D eigenvalue weighted by atomic mass is 10.1. The van der Waals surface area contributed by atoms with Crippen molar-refractivity contribution in [1.82, 2.24) is 30.1 Å². The number of sulfonamides is 1. The molecule has 0 aliphatic carbocycles. The van der Waals surface area contributed by atoms with Gasteiger partial charge in [-0.2, -0.15) is 5.10 Å². The van der Waals surface area contributed by atoms with Crippen LogP contribution in [0.4, 0.5) is 0 Å². The molecule has 1 aliphatic heterocycles. The topological polar surface area (TPSA) is 113 Å². The van der Waals surface area contributed by atoms with Crippen LogP contribution in [0.3, 0.4) is 0 Å². The van der Waals surface area contributed by atoms with Gasteiger partial charge in [-0.3, -0.25) is 4.99 Å². The fraction of sp³-hybridized carbons (Fsp3) is 0.769. The van der Waals surface area contributed by atoms with E-state index in [2.05, 4.69) is 30.4 Å². The molecule has 0 amide bonds. The molecule has 0 spiro atoms. The Hall–Kier alpha value is -1.68. The number of fused-ring (bicyclic) bond motifs is 1. The molecule has 0 saturated carbocycles. The minimum atomic E-state index is -3.16. The van der Waals surface area contributed by atoms with Gasteiger partial charge in [0.15, 0.2) is 11.8 Å². The number of aromatic nitrogens is 3. The third-order valence-electron chi connectivity index (χ3n) is 3.56. The zero-order chi connectivity index (χ0) is 16.9. The second-order valence-electron chi connectivity index (χ2n) is 5.53. The van der Waals surface area contributed by atoms with Crippen molar-refractivity contribution in [1.29, 1.82) is 0 Å². The monoisotopic (exact) mass is 343 g/mol. The Labute approximate surface area is 137 Å². The van der Waals surface area contributed by atoms with Crippen LogP contribution in [-0.2, 0) is 29.4 Å². The van der Waals surface area contributed by atoms with Crippen molar-refractivity contribution in [2.24, 2.45) is 4.99 Å². The molecule has 3 N–H and O–H groups in total. The van der Waals surface area contributed by atoms with Crippen molar-refractivity contribution in [3.8, 4) is 0 Å². The lowest BCUT2D eigenvalue weighted by molar-refractivity contribution is 0.392. The minimum absolute atomic E-state index is 0.225. The van der Waals surface area contributed by atoms with Crippen molar-refractivity contribution >= 4 is 16.0 Å². The molecular weight excluding hydrogens is 318 g/mol. The summed E-state index contributed by atoms with van der Waals surface area (Å²) in [4.78, 5) is 8.67. The van der Waals surface area contributed by atoms with Gasteiger partial charge in [-0.25, -0.2) is 22.8 Å². The maximum Gasteiger partial charge on any atom is 0.208 e. The van der Waals surface area contributed by atoms with Crippen LogP contribution in [0.2, 0.25) is 0 Å². The van der Waals surface area contributed by atoms with Crippen molar-refractivity contribution in [3.05, 3.63) is 11.6 Å². The molecular formula is C13H25N7O2S. The maximum absolute atomic E-state index is 11.0. The Morgan fingerprint density at radius 1 is 1.43 bits per heavy atom. The van der Waals surface area contributed by atoms with Crippen molar-refractivity contribution in [3.63, 3.8) is 0 Å². The third-order valence-corrected chi connectivity index (χ3v) is 4.29. The van der Waals surface area contributed by atoms with E-state index in [-0.39, 0.29) is 6.04 Å². The molecule has 1 aromatic heterocycles. The molecule has 9 nitrogen and oxygen atoms in total. The Kier molecular flexibility index (Phi) is 5.94. The van der Waals surface area contributed by atoms with E-state index in [0.29, 0.717) is 19.0 Å². The highest BCUT2D eigenvalue weighted by molar-refractivity contribution is 7.88. The first-order chi connectivity index (χ1) is 10.9. The standard InChI is InChI=1S/C13H25N7O2S/c1-4-11-18-12-6-5-10(9-20(12)19-11)17-13(14-2)15-7-8-16-23(3,21)22/h10,16H,4-9H2,1-3H3,(H2,14,15,17). The van der Waals surface area contributed by atoms with Crippen LogP contribution in [-0.4, -0.2) is 61.6 Å². The molecule has 130 valence electrons. The van der Waals surface area contributed by atoms with E-state index in [1.165, 1.54) is 0 Å². The number of guanidine groups is 1. The highest BCUT2D eigenvalue weighted by Crippen LogP contribution is 2.13. The fourth-order valence-corrected chi connectivity index (χ4v) is 2.91. The SMILES string of the molecule is CCc1nc2n(n1)CC(NC(=NC)NCCNS(C)(=O)=O)CC2. The molecule has 10 heteroatoms. The molecule has 2 rings (SSSR count). The number of nitrogens with one attached hydrogen (secondary N) is 3. The molecule has 1 unspecified atom stereocenters. The summed E-state index contributed by atoms with van der Waals surface area (Å²) < 4.78 is 26.4. The first-order valence-corrected chi connectivity index (χ1v) is 9.65. The molecule has 0 radical (unpaired) electrons. The lowest BCUT2D eigenvalue weighted by Crippen LogP contribution is -2.48. The van der Waals surface area contributed by atoms with E-state index in [4.69, 9.17) is 0 Å². The van der Waals surface area contributed by atoms with Crippen molar-refractivity contribution in [2.45, 2.75) is 38.8 Å². The van der Waals surface area contributed by atoms with Gasteiger partial charge in [-0.15, -0.1) is 0 Å².